The van der Waals surface area contributed by atoms with E-state index in [1.54, 1.807) is 24.1 Å². The Kier molecular flexibility index (Phi) is 4.82. The van der Waals surface area contributed by atoms with Crippen molar-refractivity contribution in [1.82, 2.24) is 4.90 Å². The van der Waals surface area contributed by atoms with Gasteiger partial charge in [0.1, 0.15) is 0 Å². The summed E-state index contributed by atoms with van der Waals surface area (Å²) in [5.41, 5.74) is 1.41. The smallest absolute Gasteiger partial charge is 0.255 e. The highest BCUT2D eigenvalue weighted by atomic mass is 35.5. The Bertz CT molecular complexity index is 404. The fourth-order valence-corrected chi connectivity index (χ4v) is 1.92. The molecule has 0 radical (unpaired) electrons. The summed E-state index contributed by atoms with van der Waals surface area (Å²) in [4.78, 5) is 14.0. The average molecular weight is 255 g/mol. The molecule has 0 bridgehead atoms. The van der Waals surface area contributed by atoms with Crippen molar-refractivity contribution in [3.05, 3.63) is 28.8 Å². The molecule has 3 nitrogen and oxygen atoms in total. The molecule has 0 fully saturated rings. The van der Waals surface area contributed by atoms with Gasteiger partial charge in [-0.15, -0.1) is 0 Å². The van der Waals surface area contributed by atoms with Crippen molar-refractivity contribution in [2.24, 2.45) is 5.92 Å². The van der Waals surface area contributed by atoms with Crippen LogP contribution in [0.1, 0.15) is 24.2 Å². The molecule has 0 aromatic heterocycles. The molecule has 94 valence electrons. The van der Waals surface area contributed by atoms with Crippen LogP contribution in [0.3, 0.4) is 0 Å². The second kappa shape index (κ2) is 5.92. The molecule has 1 N–H and O–H groups in total. The summed E-state index contributed by atoms with van der Waals surface area (Å²) in [6.07, 6.45) is 0. The fraction of sp³-hybridized carbons (Fsp3) is 0.462. The molecule has 0 atom stereocenters. The van der Waals surface area contributed by atoms with Crippen LogP contribution in [0.5, 0.6) is 0 Å². The Balaban J connectivity index is 2.98. The molecular formula is C13H19ClN2O. The molecule has 17 heavy (non-hydrogen) atoms. The summed E-state index contributed by atoms with van der Waals surface area (Å²) in [6, 6.07) is 5.29. The predicted octanol–water partition coefficient (Wildman–Crippen LogP) is 3.11. The van der Waals surface area contributed by atoms with Gasteiger partial charge in [0.15, 0.2) is 0 Å². The van der Waals surface area contributed by atoms with E-state index in [4.69, 9.17) is 11.6 Å². The topological polar surface area (TPSA) is 32.3 Å². The minimum absolute atomic E-state index is 0.00875. The standard InChI is InChI=1S/C13H19ClN2O/c1-9(2)8-16(4)13(17)11-7-10(14)5-6-12(11)15-3/h5-7,9,15H,8H2,1-4H3. The summed E-state index contributed by atoms with van der Waals surface area (Å²) in [6.45, 7) is 4.90. The number of carbonyl (C=O) groups is 1. The predicted molar refractivity (Wildman–Crippen MR) is 72.8 cm³/mol. The van der Waals surface area contributed by atoms with Gasteiger partial charge in [-0.25, -0.2) is 0 Å². The number of nitrogens with zero attached hydrogens (tertiary/aromatic N) is 1. The van der Waals surface area contributed by atoms with E-state index in [-0.39, 0.29) is 5.91 Å². The summed E-state index contributed by atoms with van der Waals surface area (Å²) in [7, 11) is 3.60. The van der Waals surface area contributed by atoms with Gasteiger partial charge in [0.2, 0.25) is 0 Å². The number of halogens is 1. The van der Waals surface area contributed by atoms with Crippen LogP contribution in [0.15, 0.2) is 18.2 Å². The molecule has 0 heterocycles. The maximum Gasteiger partial charge on any atom is 0.255 e. The van der Waals surface area contributed by atoms with Gasteiger partial charge in [-0.1, -0.05) is 25.4 Å². The highest BCUT2D eigenvalue weighted by molar-refractivity contribution is 6.31. The fourth-order valence-electron chi connectivity index (χ4n) is 1.75. The minimum atomic E-state index is -0.00875. The molecule has 0 saturated heterocycles. The zero-order chi connectivity index (χ0) is 13.0. The summed E-state index contributed by atoms with van der Waals surface area (Å²) in [5.74, 6) is 0.437. The van der Waals surface area contributed by atoms with E-state index in [0.717, 1.165) is 12.2 Å². The maximum absolute atomic E-state index is 12.2. The van der Waals surface area contributed by atoms with Gasteiger partial charge in [-0.3, -0.25) is 4.79 Å². The quantitative estimate of drug-likeness (QED) is 0.896. The number of amides is 1. The Labute approximate surface area is 108 Å². The largest absolute Gasteiger partial charge is 0.387 e. The molecule has 0 aliphatic carbocycles. The van der Waals surface area contributed by atoms with Crippen molar-refractivity contribution in [2.75, 3.05) is 26.0 Å². The first-order valence-electron chi connectivity index (χ1n) is 5.68. The van der Waals surface area contributed by atoms with E-state index in [9.17, 15) is 4.79 Å². The van der Waals surface area contributed by atoms with Crippen LogP contribution in [0.25, 0.3) is 0 Å². The van der Waals surface area contributed by atoms with Gasteiger partial charge < -0.3 is 10.2 Å². The molecule has 0 aliphatic rings. The van der Waals surface area contributed by atoms with Gasteiger partial charge in [0, 0.05) is 31.4 Å². The van der Waals surface area contributed by atoms with Crippen molar-refractivity contribution in [1.29, 1.82) is 0 Å². The first-order chi connectivity index (χ1) is 7.95. The van der Waals surface area contributed by atoms with Crippen molar-refractivity contribution >= 4 is 23.2 Å². The van der Waals surface area contributed by atoms with E-state index in [2.05, 4.69) is 19.2 Å². The lowest BCUT2D eigenvalue weighted by molar-refractivity contribution is 0.0780. The van der Waals surface area contributed by atoms with Crippen molar-refractivity contribution < 1.29 is 4.79 Å². The lowest BCUT2D eigenvalue weighted by Crippen LogP contribution is -2.30. The van der Waals surface area contributed by atoms with Gasteiger partial charge in [-0.2, -0.15) is 0 Å². The summed E-state index contributed by atoms with van der Waals surface area (Å²) in [5, 5.41) is 3.58. The highest BCUT2D eigenvalue weighted by Crippen LogP contribution is 2.21. The lowest BCUT2D eigenvalue weighted by Gasteiger charge is -2.21. The second-order valence-electron chi connectivity index (χ2n) is 4.52. The summed E-state index contributed by atoms with van der Waals surface area (Å²) < 4.78 is 0. The third-order valence-electron chi connectivity index (χ3n) is 2.47. The molecule has 1 amide bonds. The molecular weight excluding hydrogens is 236 g/mol. The lowest BCUT2D eigenvalue weighted by atomic mass is 10.1. The average Bonchev–Trinajstić information content (AvgIpc) is 2.27. The zero-order valence-electron chi connectivity index (χ0n) is 10.7. The van der Waals surface area contributed by atoms with Crippen LogP contribution in [-0.2, 0) is 0 Å². The van der Waals surface area contributed by atoms with Crippen LogP contribution < -0.4 is 5.32 Å². The highest BCUT2D eigenvalue weighted by Gasteiger charge is 2.16. The first kappa shape index (κ1) is 13.8. The molecule has 4 heteroatoms. The second-order valence-corrected chi connectivity index (χ2v) is 4.96. The monoisotopic (exact) mass is 254 g/mol. The number of hydrogen-bond donors (Lipinski definition) is 1. The van der Waals surface area contributed by atoms with Crippen LogP contribution in [0.4, 0.5) is 5.69 Å². The van der Waals surface area contributed by atoms with Crippen molar-refractivity contribution in [2.45, 2.75) is 13.8 Å². The van der Waals surface area contributed by atoms with Gasteiger partial charge in [0.05, 0.1) is 5.56 Å². The van der Waals surface area contributed by atoms with E-state index in [1.807, 2.05) is 13.1 Å². The molecule has 0 unspecified atom stereocenters. The molecule has 0 aliphatic heterocycles. The third-order valence-corrected chi connectivity index (χ3v) is 2.70. The Hall–Kier alpha value is -1.22. The van der Waals surface area contributed by atoms with E-state index in [0.29, 0.717) is 16.5 Å². The molecule has 1 aromatic carbocycles. The SMILES string of the molecule is CNc1ccc(Cl)cc1C(=O)N(C)CC(C)C. The van der Waals surface area contributed by atoms with E-state index < -0.39 is 0 Å². The summed E-state index contributed by atoms with van der Waals surface area (Å²) >= 11 is 5.93. The Morgan fingerprint density at radius 2 is 2.12 bits per heavy atom. The van der Waals surface area contributed by atoms with Crippen LogP contribution in [-0.4, -0.2) is 31.4 Å². The number of carbonyl (C=O) groups excluding carboxylic acids is 1. The van der Waals surface area contributed by atoms with Gasteiger partial charge in [0.25, 0.3) is 5.91 Å². The van der Waals surface area contributed by atoms with Gasteiger partial charge >= 0.3 is 0 Å². The zero-order valence-corrected chi connectivity index (χ0v) is 11.5. The normalized spacial score (nSPS) is 10.5. The molecule has 1 rings (SSSR count). The van der Waals surface area contributed by atoms with Crippen LogP contribution >= 0.6 is 11.6 Å². The maximum atomic E-state index is 12.2. The molecule has 1 aromatic rings. The first-order valence-corrected chi connectivity index (χ1v) is 6.06. The number of nitrogens with one attached hydrogen (secondary N) is 1. The molecule has 0 saturated carbocycles. The Morgan fingerprint density at radius 1 is 1.47 bits per heavy atom. The van der Waals surface area contributed by atoms with Crippen molar-refractivity contribution in [3.63, 3.8) is 0 Å². The number of benzene rings is 1. The van der Waals surface area contributed by atoms with E-state index >= 15 is 0 Å². The third kappa shape index (κ3) is 3.63. The minimum Gasteiger partial charge on any atom is -0.387 e. The number of hydrogen-bond acceptors (Lipinski definition) is 2. The number of rotatable bonds is 4. The number of anilines is 1. The van der Waals surface area contributed by atoms with E-state index in [1.165, 1.54) is 0 Å². The van der Waals surface area contributed by atoms with Crippen LogP contribution in [0.2, 0.25) is 5.02 Å². The Morgan fingerprint density at radius 3 is 2.65 bits per heavy atom. The van der Waals surface area contributed by atoms with Crippen molar-refractivity contribution in [3.8, 4) is 0 Å². The molecule has 0 spiro atoms. The van der Waals surface area contributed by atoms with Gasteiger partial charge in [-0.05, 0) is 24.1 Å². The van der Waals surface area contributed by atoms with Crippen LogP contribution in [0, 0.1) is 5.92 Å².